The molecule has 0 fully saturated rings. The molecule has 0 atom stereocenters. The van der Waals surface area contributed by atoms with E-state index in [0.717, 1.165) is 4.57 Å². The van der Waals surface area contributed by atoms with E-state index in [2.05, 4.69) is 4.98 Å². The number of nitrogens with zero attached hydrogens (tertiary/aromatic N) is 2. The van der Waals surface area contributed by atoms with Crippen molar-refractivity contribution >= 4 is 6.09 Å². The Morgan fingerprint density at radius 2 is 1.53 bits per heavy atom. The molecule has 0 bridgehead atoms. The Labute approximate surface area is 100 Å². The summed E-state index contributed by atoms with van der Waals surface area (Å²) in [7, 11) is 0. The van der Waals surface area contributed by atoms with E-state index in [1.54, 1.807) is 24.5 Å². The Morgan fingerprint density at radius 1 is 1.00 bits per heavy atom. The van der Waals surface area contributed by atoms with Gasteiger partial charge in [-0.05, 0) is 24.3 Å². The molecule has 2 heterocycles. The molecule has 5 heteroatoms. The fourth-order valence-electron chi connectivity index (χ4n) is 0.775. The van der Waals surface area contributed by atoms with E-state index in [1.165, 1.54) is 12.4 Å². The molecule has 0 aromatic carbocycles. The molecule has 0 saturated carbocycles. The van der Waals surface area contributed by atoms with Gasteiger partial charge in [0, 0.05) is 44.3 Å². The van der Waals surface area contributed by atoms with Crippen LogP contribution < -0.4 is 0 Å². The smallest absolute Gasteiger partial charge is 0.415 e. The molecule has 2 aromatic heterocycles. The maximum absolute atomic E-state index is 10.0. The minimum atomic E-state index is -0.949. The van der Waals surface area contributed by atoms with Gasteiger partial charge >= 0.3 is 6.09 Å². The van der Waals surface area contributed by atoms with Crippen molar-refractivity contribution in [1.82, 2.24) is 9.55 Å². The summed E-state index contributed by atoms with van der Waals surface area (Å²) in [5.74, 6) is 0. The first-order valence-electron chi connectivity index (χ1n) is 4.02. The van der Waals surface area contributed by atoms with Crippen LogP contribution in [0.2, 0.25) is 0 Å². The van der Waals surface area contributed by atoms with Gasteiger partial charge in [0.15, 0.2) is 0 Å². The van der Waals surface area contributed by atoms with Crippen LogP contribution in [0.25, 0.3) is 0 Å². The second kappa shape index (κ2) is 7.88. The van der Waals surface area contributed by atoms with Crippen LogP contribution in [0.4, 0.5) is 4.79 Å². The van der Waals surface area contributed by atoms with Gasteiger partial charge in [-0.1, -0.05) is 6.07 Å². The van der Waals surface area contributed by atoms with Crippen molar-refractivity contribution in [1.29, 1.82) is 0 Å². The summed E-state index contributed by atoms with van der Waals surface area (Å²) in [4.78, 5) is 13.8. The van der Waals surface area contributed by atoms with Crippen LogP contribution in [0.1, 0.15) is 0 Å². The average molecular weight is 256 g/mol. The Hall–Kier alpha value is -1.48. The standard InChI is InChI=1S/C5H5NO2.C5H5N.Zn/c7-5(8)6-3-1-2-4-6;1-2-4-6-5-3-1;/h1-4H,(H,7,8);1-5H;. The van der Waals surface area contributed by atoms with Gasteiger partial charge < -0.3 is 5.11 Å². The van der Waals surface area contributed by atoms with Crippen molar-refractivity contribution in [2.75, 3.05) is 0 Å². The zero-order valence-electron chi connectivity index (χ0n) is 8.15. The fraction of sp³-hybridized carbons (Fsp3) is 0. The Balaban J connectivity index is 0.000000253. The molecule has 4 nitrogen and oxygen atoms in total. The number of carboxylic acid groups (broad SMARTS) is 1. The zero-order chi connectivity index (χ0) is 10.2. The Bertz CT molecular complexity index is 335. The minimum Gasteiger partial charge on any atom is -0.464 e. The number of pyridine rings is 1. The number of rotatable bonds is 0. The van der Waals surface area contributed by atoms with E-state index >= 15 is 0 Å². The third-order valence-electron chi connectivity index (χ3n) is 1.39. The van der Waals surface area contributed by atoms with Gasteiger partial charge in [-0.15, -0.1) is 0 Å². The topological polar surface area (TPSA) is 55.1 Å². The van der Waals surface area contributed by atoms with E-state index in [4.69, 9.17) is 5.11 Å². The molecule has 15 heavy (non-hydrogen) atoms. The first-order valence-corrected chi connectivity index (χ1v) is 4.02. The number of hydrogen-bond donors (Lipinski definition) is 1. The summed E-state index contributed by atoms with van der Waals surface area (Å²) in [6.45, 7) is 0. The average Bonchev–Trinajstić information content (AvgIpc) is 2.74. The summed E-state index contributed by atoms with van der Waals surface area (Å²) < 4.78 is 1.08. The van der Waals surface area contributed by atoms with E-state index < -0.39 is 6.09 Å². The van der Waals surface area contributed by atoms with Gasteiger partial charge in [0.1, 0.15) is 0 Å². The molecule has 0 unspecified atom stereocenters. The van der Waals surface area contributed by atoms with Gasteiger partial charge in [0.25, 0.3) is 0 Å². The monoisotopic (exact) mass is 254 g/mol. The van der Waals surface area contributed by atoms with Crippen molar-refractivity contribution in [2.45, 2.75) is 0 Å². The van der Waals surface area contributed by atoms with Crippen LogP contribution in [-0.4, -0.2) is 20.8 Å². The molecule has 2 aromatic rings. The van der Waals surface area contributed by atoms with Crippen molar-refractivity contribution in [3.63, 3.8) is 0 Å². The van der Waals surface area contributed by atoms with Gasteiger partial charge in [-0.3, -0.25) is 9.55 Å². The van der Waals surface area contributed by atoms with Crippen LogP contribution >= 0.6 is 0 Å². The normalized spacial score (nSPS) is 8.00. The van der Waals surface area contributed by atoms with E-state index in [1.807, 2.05) is 18.2 Å². The Morgan fingerprint density at radius 3 is 1.73 bits per heavy atom. The van der Waals surface area contributed by atoms with E-state index in [-0.39, 0.29) is 19.5 Å². The second-order valence-electron chi connectivity index (χ2n) is 2.40. The molecule has 0 radical (unpaired) electrons. The summed E-state index contributed by atoms with van der Waals surface area (Å²) in [5, 5.41) is 8.24. The molecular weight excluding hydrogens is 246 g/mol. The summed E-state index contributed by atoms with van der Waals surface area (Å²) in [6, 6.07) is 9.04. The summed E-state index contributed by atoms with van der Waals surface area (Å²) in [5.41, 5.74) is 0. The number of hydrogen-bond acceptors (Lipinski definition) is 2. The minimum absolute atomic E-state index is 0. The van der Waals surface area contributed by atoms with Gasteiger partial charge in [0.05, 0.1) is 0 Å². The van der Waals surface area contributed by atoms with Gasteiger partial charge in [0.2, 0.25) is 0 Å². The predicted octanol–water partition coefficient (Wildman–Crippen LogP) is 2.09. The fourth-order valence-corrected chi connectivity index (χ4v) is 0.775. The van der Waals surface area contributed by atoms with Crippen LogP contribution in [0.5, 0.6) is 0 Å². The van der Waals surface area contributed by atoms with E-state index in [0.29, 0.717) is 0 Å². The molecule has 0 aliphatic heterocycles. The third-order valence-corrected chi connectivity index (χ3v) is 1.39. The quantitative estimate of drug-likeness (QED) is 0.734. The van der Waals surface area contributed by atoms with Gasteiger partial charge in [-0.2, -0.15) is 0 Å². The molecule has 0 amide bonds. The Kier molecular flexibility index (Phi) is 7.11. The van der Waals surface area contributed by atoms with Crippen LogP contribution in [0, 0.1) is 0 Å². The van der Waals surface area contributed by atoms with Crippen LogP contribution in [0.3, 0.4) is 0 Å². The summed E-state index contributed by atoms with van der Waals surface area (Å²) >= 11 is 0. The molecule has 0 spiro atoms. The first-order chi connectivity index (χ1) is 6.80. The second-order valence-corrected chi connectivity index (χ2v) is 2.40. The molecule has 2 rings (SSSR count). The first kappa shape index (κ1) is 13.5. The maximum atomic E-state index is 10.0. The van der Waals surface area contributed by atoms with Crippen molar-refractivity contribution in [3.8, 4) is 0 Å². The molecule has 0 saturated heterocycles. The third kappa shape index (κ3) is 5.76. The van der Waals surface area contributed by atoms with Crippen molar-refractivity contribution < 1.29 is 29.4 Å². The summed E-state index contributed by atoms with van der Waals surface area (Å²) in [6.07, 6.45) is 5.50. The molecule has 1 N–H and O–H groups in total. The van der Waals surface area contributed by atoms with Crippen LogP contribution in [-0.2, 0) is 19.5 Å². The largest absolute Gasteiger partial charge is 0.464 e. The molecule has 0 aliphatic rings. The zero-order valence-corrected chi connectivity index (χ0v) is 11.1. The van der Waals surface area contributed by atoms with Crippen LogP contribution in [0.15, 0.2) is 55.1 Å². The maximum Gasteiger partial charge on any atom is 0.415 e. The predicted molar refractivity (Wildman–Crippen MR) is 52.1 cm³/mol. The number of aromatic nitrogens is 2. The SMILES string of the molecule is O=C(O)n1cccc1.[Zn].c1ccncc1. The molecular formula is C10H10N2O2Zn. The molecule has 74 valence electrons. The molecule has 0 aliphatic carbocycles. The van der Waals surface area contributed by atoms with Crippen molar-refractivity contribution in [2.24, 2.45) is 0 Å². The van der Waals surface area contributed by atoms with E-state index in [9.17, 15) is 4.79 Å². The number of carbonyl (C=O) groups is 1. The van der Waals surface area contributed by atoms with Crippen molar-refractivity contribution in [3.05, 3.63) is 55.1 Å². The van der Waals surface area contributed by atoms with Gasteiger partial charge in [-0.25, -0.2) is 4.79 Å².